The molecule has 0 radical (unpaired) electrons. The Labute approximate surface area is 248 Å². The summed E-state index contributed by atoms with van der Waals surface area (Å²) in [5, 5.41) is 12.7. The van der Waals surface area contributed by atoms with Crippen LogP contribution in [0.1, 0.15) is 50.5 Å². The Morgan fingerprint density at radius 1 is 1.10 bits per heavy atom. The molecule has 218 valence electrons. The van der Waals surface area contributed by atoms with E-state index < -0.39 is 5.82 Å². The number of fused-ring (bicyclic) bond motifs is 6. The van der Waals surface area contributed by atoms with E-state index in [-0.39, 0.29) is 22.8 Å². The molecule has 0 amide bonds. The number of H-pyrrole nitrogens is 1. The van der Waals surface area contributed by atoms with Crippen molar-refractivity contribution in [2.24, 2.45) is 0 Å². The van der Waals surface area contributed by atoms with E-state index in [0.717, 1.165) is 75.7 Å². The van der Waals surface area contributed by atoms with E-state index in [9.17, 15) is 0 Å². The first-order valence-electron chi connectivity index (χ1n) is 15.1. The first-order chi connectivity index (χ1) is 20.6. The zero-order valence-electron chi connectivity index (χ0n) is 23.5. The van der Waals surface area contributed by atoms with Gasteiger partial charge >= 0.3 is 6.01 Å². The van der Waals surface area contributed by atoms with Gasteiger partial charge in [-0.15, -0.1) is 0 Å². The lowest BCUT2D eigenvalue weighted by molar-refractivity contribution is 0.108. The average Bonchev–Trinajstić information content (AvgIpc) is 3.72. The van der Waals surface area contributed by atoms with Crippen LogP contribution in [-0.4, -0.2) is 81.0 Å². The summed E-state index contributed by atoms with van der Waals surface area (Å²) in [5.74, 6) is 0.169. The Bertz CT molecular complexity index is 1700. The van der Waals surface area contributed by atoms with Gasteiger partial charge in [-0.2, -0.15) is 15.1 Å². The van der Waals surface area contributed by atoms with Crippen molar-refractivity contribution in [1.82, 2.24) is 35.4 Å². The van der Waals surface area contributed by atoms with Gasteiger partial charge in [-0.1, -0.05) is 23.8 Å². The number of piperidine rings is 1. The molecule has 1 unspecified atom stereocenters. The summed E-state index contributed by atoms with van der Waals surface area (Å²) in [6, 6.07) is 2.35. The summed E-state index contributed by atoms with van der Waals surface area (Å²) in [7, 11) is 0. The van der Waals surface area contributed by atoms with E-state index in [1.165, 1.54) is 12.8 Å². The van der Waals surface area contributed by atoms with Crippen molar-refractivity contribution in [3.05, 3.63) is 40.9 Å². The van der Waals surface area contributed by atoms with Gasteiger partial charge in [-0.25, -0.2) is 4.39 Å². The summed E-state index contributed by atoms with van der Waals surface area (Å²) < 4.78 is 23.2. The monoisotopic (exact) mass is 588 g/mol. The second kappa shape index (κ2) is 10.4. The Kier molecular flexibility index (Phi) is 6.53. The minimum atomic E-state index is -0.511. The van der Waals surface area contributed by atoms with E-state index in [1.54, 1.807) is 12.4 Å². The molecule has 42 heavy (non-hydrogen) atoms. The highest BCUT2D eigenvalue weighted by Gasteiger charge is 2.45. The van der Waals surface area contributed by atoms with E-state index in [4.69, 9.17) is 31.3 Å². The standard InChI is InChI=1S/C31H34ClFN8O/c32-23-14-24-21(16-36-39-24)25-20(23)7-1-2-10-34-19-6-3-11-40(17-19)29-22-15-35-28(25)26(33)27(22)37-30(38-29)42-18-31-8-4-12-41(31)13-5-9-31/h1,7,14-16,19,34H,2-6,8-13,17-18H2,(H,36,39). The third-order valence-electron chi connectivity index (χ3n) is 9.65. The highest BCUT2D eigenvalue weighted by Crippen LogP contribution is 2.41. The van der Waals surface area contributed by atoms with Crippen molar-refractivity contribution >= 4 is 45.3 Å². The topological polar surface area (TPSA) is 95.1 Å². The first-order valence-corrected chi connectivity index (χ1v) is 15.5. The third-order valence-corrected chi connectivity index (χ3v) is 9.96. The maximum Gasteiger partial charge on any atom is 0.319 e. The van der Waals surface area contributed by atoms with Gasteiger partial charge in [0.05, 0.1) is 27.7 Å². The van der Waals surface area contributed by atoms with Gasteiger partial charge in [-0.3, -0.25) is 15.0 Å². The molecular formula is C31H34ClFN8O. The Morgan fingerprint density at radius 3 is 2.86 bits per heavy atom. The van der Waals surface area contributed by atoms with Crippen LogP contribution in [0.3, 0.4) is 0 Å². The first kappa shape index (κ1) is 26.3. The maximum atomic E-state index is 16.8. The Morgan fingerprint density at radius 2 is 1.98 bits per heavy atom. The molecule has 0 spiro atoms. The molecule has 6 bridgehead atoms. The zero-order chi connectivity index (χ0) is 28.3. The minimum Gasteiger partial charge on any atom is -0.461 e. The van der Waals surface area contributed by atoms with Gasteiger partial charge in [0.2, 0.25) is 0 Å². The van der Waals surface area contributed by atoms with Crippen molar-refractivity contribution in [3.8, 4) is 17.3 Å². The third kappa shape index (κ3) is 4.34. The van der Waals surface area contributed by atoms with E-state index in [1.807, 2.05) is 12.1 Å². The van der Waals surface area contributed by atoms with Gasteiger partial charge in [0.15, 0.2) is 5.82 Å². The maximum absolute atomic E-state index is 16.8. The molecule has 4 aromatic rings. The number of rotatable bonds is 3. The molecule has 9 rings (SSSR count). The number of pyridine rings is 1. The summed E-state index contributed by atoms with van der Waals surface area (Å²) in [6.07, 6.45) is 14.9. The SMILES string of the molecule is Fc1c2ncc3c(nc(OCC45CCCN4CCC5)nc13)N1CCCC(C1)NCCC=Cc1c(Cl)cc3[nH]ncc3c1-2. The van der Waals surface area contributed by atoms with Crippen LogP contribution in [0.4, 0.5) is 10.2 Å². The number of nitrogens with one attached hydrogen (secondary N) is 2. The predicted octanol–water partition coefficient (Wildman–Crippen LogP) is 5.34. The highest BCUT2D eigenvalue weighted by atomic mass is 35.5. The molecule has 1 atom stereocenters. The number of hydrogen-bond donors (Lipinski definition) is 2. The molecule has 5 aliphatic rings. The molecule has 11 heteroatoms. The van der Waals surface area contributed by atoms with Crippen LogP contribution in [-0.2, 0) is 0 Å². The van der Waals surface area contributed by atoms with Gasteiger partial charge in [0.25, 0.3) is 0 Å². The number of halogens is 2. The predicted molar refractivity (Wildman–Crippen MR) is 163 cm³/mol. The number of aromatic nitrogens is 5. The lowest BCUT2D eigenvalue weighted by Crippen LogP contribution is -2.46. The fourth-order valence-corrected chi connectivity index (χ4v) is 7.83. The van der Waals surface area contributed by atoms with Crippen LogP contribution in [0.2, 0.25) is 5.02 Å². The normalized spacial score (nSPS) is 22.0. The van der Waals surface area contributed by atoms with Crippen LogP contribution in [0, 0.1) is 5.82 Å². The van der Waals surface area contributed by atoms with Gasteiger partial charge in [0.1, 0.15) is 23.6 Å². The Balaban J connectivity index is 1.31. The van der Waals surface area contributed by atoms with Gasteiger partial charge in [0, 0.05) is 41.8 Å². The fraction of sp³-hybridized carbons (Fsp3) is 0.484. The minimum absolute atomic E-state index is 0.0325. The average molecular weight is 589 g/mol. The van der Waals surface area contributed by atoms with Crippen LogP contribution in [0.25, 0.3) is 39.1 Å². The molecule has 9 nitrogen and oxygen atoms in total. The Hall–Kier alpha value is -3.34. The smallest absolute Gasteiger partial charge is 0.319 e. The van der Waals surface area contributed by atoms with Crippen molar-refractivity contribution < 1.29 is 9.13 Å². The largest absolute Gasteiger partial charge is 0.461 e. The number of nitrogens with zero attached hydrogens (tertiary/aromatic N) is 6. The van der Waals surface area contributed by atoms with Crippen molar-refractivity contribution in [1.29, 1.82) is 0 Å². The molecule has 3 fully saturated rings. The number of anilines is 1. The summed E-state index contributed by atoms with van der Waals surface area (Å²) in [4.78, 5) is 19.1. The van der Waals surface area contributed by atoms with E-state index >= 15 is 4.39 Å². The molecule has 8 heterocycles. The lowest BCUT2D eigenvalue weighted by atomic mass is 9.95. The van der Waals surface area contributed by atoms with E-state index in [2.05, 4.69) is 31.4 Å². The summed E-state index contributed by atoms with van der Waals surface area (Å²) in [6.45, 7) is 5.17. The van der Waals surface area contributed by atoms with Crippen LogP contribution in [0.5, 0.6) is 6.01 Å². The number of ether oxygens (including phenoxy) is 1. The molecule has 3 saturated heterocycles. The lowest BCUT2D eigenvalue weighted by Gasteiger charge is -2.35. The zero-order valence-corrected chi connectivity index (χ0v) is 24.3. The molecule has 2 N–H and O–H groups in total. The quantitative estimate of drug-likeness (QED) is 0.331. The molecule has 5 aliphatic heterocycles. The summed E-state index contributed by atoms with van der Waals surface area (Å²) in [5.41, 5.74) is 2.46. The summed E-state index contributed by atoms with van der Waals surface area (Å²) >= 11 is 6.79. The molecule has 0 saturated carbocycles. The number of aromatic amines is 1. The van der Waals surface area contributed by atoms with Crippen LogP contribution < -0.4 is 15.0 Å². The number of benzene rings is 1. The molecule has 1 aromatic carbocycles. The number of hydrogen-bond acceptors (Lipinski definition) is 8. The molecular weight excluding hydrogens is 555 g/mol. The van der Waals surface area contributed by atoms with E-state index in [0.29, 0.717) is 40.0 Å². The van der Waals surface area contributed by atoms with Crippen molar-refractivity contribution in [3.63, 3.8) is 0 Å². The van der Waals surface area contributed by atoms with Gasteiger partial charge in [-0.05, 0) is 70.6 Å². The molecule has 0 aliphatic carbocycles. The van der Waals surface area contributed by atoms with Crippen LogP contribution in [0.15, 0.2) is 24.5 Å². The van der Waals surface area contributed by atoms with Crippen molar-refractivity contribution in [2.75, 3.05) is 44.2 Å². The second-order valence-electron chi connectivity index (χ2n) is 12.1. The molecule has 3 aromatic heterocycles. The van der Waals surface area contributed by atoms with Gasteiger partial charge < -0.3 is 15.0 Å². The highest BCUT2D eigenvalue weighted by molar-refractivity contribution is 6.33. The second-order valence-corrected chi connectivity index (χ2v) is 12.5. The van der Waals surface area contributed by atoms with Crippen LogP contribution >= 0.6 is 11.6 Å². The fourth-order valence-electron chi connectivity index (χ4n) is 7.56. The van der Waals surface area contributed by atoms with Crippen molar-refractivity contribution in [2.45, 2.75) is 56.5 Å².